The standard InChI is InChI=1S/C17H29NO2/c1-7-17(5,18(8-2)9-3)16(19)14-12-13(4)10-11-15(14)20-6/h10-12,16,19H,7-9H2,1-6H3. The van der Waals surface area contributed by atoms with Crippen molar-refractivity contribution in [1.82, 2.24) is 4.90 Å². The predicted molar refractivity (Wildman–Crippen MR) is 84.3 cm³/mol. The van der Waals surface area contributed by atoms with E-state index in [1.54, 1.807) is 7.11 Å². The van der Waals surface area contributed by atoms with Crippen molar-refractivity contribution in [2.75, 3.05) is 20.2 Å². The molecule has 2 unspecified atom stereocenters. The third-order valence-electron chi connectivity index (χ3n) is 4.47. The number of aliphatic hydroxyl groups excluding tert-OH is 1. The van der Waals surface area contributed by atoms with Crippen LogP contribution in [0.1, 0.15) is 51.3 Å². The maximum Gasteiger partial charge on any atom is 0.124 e. The summed E-state index contributed by atoms with van der Waals surface area (Å²) in [4.78, 5) is 2.32. The molecule has 3 nitrogen and oxygen atoms in total. The van der Waals surface area contributed by atoms with E-state index in [1.165, 1.54) is 0 Å². The predicted octanol–water partition coefficient (Wildman–Crippen LogP) is 3.55. The molecule has 2 atom stereocenters. The number of aryl methyl sites for hydroxylation is 1. The largest absolute Gasteiger partial charge is 0.496 e. The lowest BCUT2D eigenvalue weighted by molar-refractivity contribution is -0.0224. The van der Waals surface area contributed by atoms with Crippen LogP contribution in [-0.4, -0.2) is 35.7 Å². The molecule has 0 radical (unpaired) electrons. The van der Waals surface area contributed by atoms with Gasteiger partial charge < -0.3 is 9.84 Å². The van der Waals surface area contributed by atoms with Crippen LogP contribution in [-0.2, 0) is 0 Å². The molecule has 0 amide bonds. The first-order chi connectivity index (χ1) is 9.44. The molecule has 3 heteroatoms. The first-order valence-corrected chi connectivity index (χ1v) is 7.52. The zero-order valence-electron chi connectivity index (χ0n) is 13.7. The van der Waals surface area contributed by atoms with Gasteiger partial charge in [-0.2, -0.15) is 0 Å². The Bertz CT molecular complexity index is 429. The van der Waals surface area contributed by atoms with Gasteiger partial charge in [-0.3, -0.25) is 4.90 Å². The summed E-state index contributed by atoms with van der Waals surface area (Å²) in [5, 5.41) is 11.0. The van der Waals surface area contributed by atoms with Gasteiger partial charge in [-0.25, -0.2) is 0 Å². The molecule has 20 heavy (non-hydrogen) atoms. The van der Waals surface area contributed by atoms with Crippen LogP contribution in [0.2, 0.25) is 0 Å². The highest BCUT2D eigenvalue weighted by Gasteiger charge is 2.38. The van der Waals surface area contributed by atoms with Crippen LogP contribution in [0.15, 0.2) is 18.2 Å². The Morgan fingerprint density at radius 2 is 1.85 bits per heavy atom. The number of ether oxygens (including phenoxy) is 1. The summed E-state index contributed by atoms with van der Waals surface area (Å²) in [6.07, 6.45) is 0.315. The smallest absolute Gasteiger partial charge is 0.124 e. The molecule has 0 heterocycles. The van der Waals surface area contributed by atoms with Crippen LogP contribution in [0, 0.1) is 6.92 Å². The Kier molecular flexibility index (Phi) is 6.03. The van der Waals surface area contributed by atoms with Crippen molar-refractivity contribution in [1.29, 1.82) is 0 Å². The van der Waals surface area contributed by atoms with E-state index in [9.17, 15) is 5.11 Å². The topological polar surface area (TPSA) is 32.7 Å². The van der Waals surface area contributed by atoms with Crippen molar-refractivity contribution in [3.8, 4) is 5.75 Å². The maximum atomic E-state index is 11.0. The van der Waals surface area contributed by atoms with Crippen LogP contribution >= 0.6 is 0 Å². The normalized spacial score (nSPS) is 16.0. The van der Waals surface area contributed by atoms with Crippen LogP contribution in [0.25, 0.3) is 0 Å². The second-order valence-corrected chi connectivity index (χ2v) is 5.53. The number of benzene rings is 1. The summed E-state index contributed by atoms with van der Waals surface area (Å²) in [5.74, 6) is 0.759. The number of likely N-dealkylation sites (N-methyl/N-ethyl adjacent to an activating group) is 1. The molecular weight excluding hydrogens is 250 g/mol. The van der Waals surface area contributed by atoms with E-state index < -0.39 is 6.10 Å². The van der Waals surface area contributed by atoms with Crippen molar-refractivity contribution in [3.63, 3.8) is 0 Å². The number of methoxy groups -OCH3 is 1. The van der Waals surface area contributed by atoms with Crippen molar-refractivity contribution < 1.29 is 9.84 Å². The summed E-state index contributed by atoms with van der Waals surface area (Å²) in [5.41, 5.74) is 1.73. The first kappa shape index (κ1) is 17.0. The van der Waals surface area contributed by atoms with Crippen molar-refractivity contribution in [2.45, 2.75) is 52.7 Å². The molecule has 1 N–H and O–H groups in total. The minimum Gasteiger partial charge on any atom is -0.496 e. The number of aliphatic hydroxyl groups is 1. The molecule has 0 bridgehead atoms. The van der Waals surface area contributed by atoms with E-state index in [-0.39, 0.29) is 5.54 Å². The van der Waals surface area contributed by atoms with Gasteiger partial charge in [-0.1, -0.05) is 32.4 Å². The second-order valence-electron chi connectivity index (χ2n) is 5.53. The molecule has 0 fully saturated rings. The monoisotopic (exact) mass is 279 g/mol. The van der Waals surface area contributed by atoms with Gasteiger partial charge in [0.05, 0.1) is 7.11 Å². The average Bonchev–Trinajstić information content (AvgIpc) is 2.47. The SMILES string of the molecule is CCN(CC)C(C)(CC)C(O)c1cc(C)ccc1OC. The van der Waals surface area contributed by atoms with E-state index in [0.717, 1.165) is 36.4 Å². The summed E-state index contributed by atoms with van der Waals surface area (Å²) >= 11 is 0. The lowest BCUT2D eigenvalue weighted by Gasteiger charge is -2.43. The van der Waals surface area contributed by atoms with Gasteiger partial charge in [-0.05, 0) is 45.5 Å². The van der Waals surface area contributed by atoms with Crippen molar-refractivity contribution in [2.24, 2.45) is 0 Å². The summed E-state index contributed by atoms with van der Waals surface area (Å²) < 4.78 is 5.43. The van der Waals surface area contributed by atoms with Gasteiger partial charge >= 0.3 is 0 Å². The van der Waals surface area contributed by atoms with Gasteiger partial charge in [0.15, 0.2) is 0 Å². The Labute approximate surface area is 123 Å². The van der Waals surface area contributed by atoms with Crippen LogP contribution in [0.4, 0.5) is 0 Å². The van der Waals surface area contributed by atoms with Crippen LogP contribution < -0.4 is 4.74 Å². The summed E-state index contributed by atoms with van der Waals surface area (Å²) in [6, 6.07) is 5.98. The molecule has 0 aliphatic heterocycles. The molecule has 0 saturated carbocycles. The zero-order valence-corrected chi connectivity index (χ0v) is 13.7. The van der Waals surface area contributed by atoms with Crippen LogP contribution in [0.5, 0.6) is 5.75 Å². The molecule has 0 aliphatic carbocycles. The summed E-state index contributed by atoms with van der Waals surface area (Å²) in [6.45, 7) is 12.4. The highest BCUT2D eigenvalue weighted by Crippen LogP contribution is 2.38. The van der Waals surface area contributed by atoms with Gasteiger partial charge in [-0.15, -0.1) is 0 Å². The fourth-order valence-electron chi connectivity index (χ4n) is 2.94. The van der Waals surface area contributed by atoms with Gasteiger partial charge in [0.25, 0.3) is 0 Å². The quantitative estimate of drug-likeness (QED) is 0.828. The lowest BCUT2D eigenvalue weighted by atomic mass is 9.84. The van der Waals surface area contributed by atoms with E-state index >= 15 is 0 Å². The molecule has 0 spiro atoms. The maximum absolute atomic E-state index is 11.0. The van der Waals surface area contributed by atoms with Gasteiger partial charge in [0.2, 0.25) is 0 Å². The zero-order chi connectivity index (χ0) is 15.3. The Morgan fingerprint density at radius 3 is 2.30 bits per heavy atom. The Hall–Kier alpha value is -1.06. The third kappa shape index (κ3) is 3.15. The molecule has 114 valence electrons. The van der Waals surface area contributed by atoms with Crippen molar-refractivity contribution in [3.05, 3.63) is 29.3 Å². The summed E-state index contributed by atoms with van der Waals surface area (Å²) in [7, 11) is 1.65. The molecule has 0 aliphatic rings. The third-order valence-corrected chi connectivity index (χ3v) is 4.47. The van der Waals surface area contributed by atoms with Crippen LogP contribution in [0.3, 0.4) is 0 Å². The number of nitrogens with zero attached hydrogens (tertiary/aromatic N) is 1. The molecule has 1 aromatic rings. The van der Waals surface area contributed by atoms with E-state index in [0.29, 0.717) is 0 Å². The molecule has 0 saturated heterocycles. The first-order valence-electron chi connectivity index (χ1n) is 7.52. The number of hydrogen-bond acceptors (Lipinski definition) is 3. The molecule has 1 aromatic carbocycles. The van der Waals surface area contributed by atoms with Crippen molar-refractivity contribution >= 4 is 0 Å². The number of hydrogen-bond donors (Lipinski definition) is 1. The minimum absolute atomic E-state index is 0.287. The number of rotatable bonds is 7. The van der Waals surface area contributed by atoms with E-state index in [2.05, 4.69) is 32.6 Å². The molecular formula is C17H29NO2. The van der Waals surface area contributed by atoms with E-state index in [4.69, 9.17) is 4.74 Å². The Morgan fingerprint density at radius 1 is 1.25 bits per heavy atom. The molecule has 0 aromatic heterocycles. The Balaban J connectivity index is 3.26. The second kappa shape index (κ2) is 7.09. The highest BCUT2D eigenvalue weighted by atomic mass is 16.5. The molecule has 1 rings (SSSR count). The van der Waals surface area contributed by atoms with E-state index in [1.807, 2.05) is 25.1 Å². The fourth-order valence-corrected chi connectivity index (χ4v) is 2.94. The van der Waals surface area contributed by atoms with Gasteiger partial charge in [0.1, 0.15) is 11.9 Å². The fraction of sp³-hybridized carbons (Fsp3) is 0.647. The lowest BCUT2D eigenvalue weighted by Crippen LogP contribution is -2.50. The highest BCUT2D eigenvalue weighted by molar-refractivity contribution is 5.39. The van der Waals surface area contributed by atoms with Gasteiger partial charge in [0, 0.05) is 11.1 Å². The minimum atomic E-state index is -0.567. The average molecular weight is 279 g/mol.